The molecule has 3 aliphatic rings. The van der Waals surface area contributed by atoms with E-state index in [-0.39, 0.29) is 36.1 Å². The van der Waals surface area contributed by atoms with Crippen LogP contribution in [0.5, 0.6) is 0 Å². The van der Waals surface area contributed by atoms with Crippen molar-refractivity contribution in [2.24, 2.45) is 17.8 Å². The Bertz CT molecular complexity index is 721. The number of esters is 2. The van der Waals surface area contributed by atoms with Crippen LogP contribution in [0.15, 0.2) is 24.3 Å². The third kappa shape index (κ3) is 3.17. The zero-order valence-electron chi connectivity index (χ0n) is 15.4. The summed E-state index contributed by atoms with van der Waals surface area (Å²) in [6.07, 6.45) is -2.54. The number of aliphatic hydroxyl groups is 3. The van der Waals surface area contributed by atoms with E-state index in [2.05, 4.69) is 13.2 Å². The highest BCUT2D eigenvalue weighted by molar-refractivity contribution is 6.20. The Hall–Kier alpha value is -1.12. The first-order valence-corrected chi connectivity index (χ1v) is 10.1. The molecule has 3 N–H and O–H groups in total. The molecule has 0 aromatic heterocycles. The van der Waals surface area contributed by atoms with E-state index in [0.29, 0.717) is 5.57 Å². The molecule has 0 unspecified atom stereocenters. The second kappa shape index (κ2) is 7.29. The number of hydrogen-bond donors (Lipinski definition) is 3. The molecule has 3 fully saturated rings. The van der Waals surface area contributed by atoms with Crippen LogP contribution in [0, 0.1) is 17.8 Å². The molecule has 0 bridgehead atoms. The fraction of sp³-hybridized carbons (Fsp3) is 0.684. The van der Waals surface area contributed by atoms with E-state index in [1.165, 1.54) is 6.92 Å². The summed E-state index contributed by atoms with van der Waals surface area (Å²) < 4.78 is 11.0. The highest BCUT2D eigenvalue weighted by Gasteiger charge is 2.64. The Morgan fingerprint density at radius 2 is 2.07 bits per heavy atom. The van der Waals surface area contributed by atoms with Crippen molar-refractivity contribution in [2.45, 2.75) is 49.3 Å². The van der Waals surface area contributed by atoms with Gasteiger partial charge in [0, 0.05) is 17.9 Å². The van der Waals surface area contributed by atoms with E-state index in [0.717, 1.165) is 0 Å². The topological polar surface area (TPSA) is 113 Å². The van der Waals surface area contributed by atoms with E-state index in [1.807, 2.05) is 0 Å². The highest BCUT2D eigenvalue weighted by Crippen LogP contribution is 2.55. The average Bonchev–Trinajstić information content (AvgIpc) is 3.04. The lowest BCUT2D eigenvalue weighted by Crippen LogP contribution is -2.52. The molecule has 3 rings (SSSR count). The molecular weight excluding hydrogens is 411 g/mol. The van der Waals surface area contributed by atoms with E-state index in [1.54, 1.807) is 0 Å². The first-order valence-electron chi connectivity index (χ1n) is 9.01. The first kappa shape index (κ1) is 21.6. The molecule has 2 aliphatic carbocycles. The Balaban J connectivity index is 2.01. The number of carbonyl (C=O) groups excluding carboxylic acids is 2. The number of ether oxygens (including phenoxy) is 2. The average molecular weight is 435 g/mol. The van der Waals surface area contributed by atoms with Crippen LogP contribution in [0.2, 0.25) is 0 Å². The second-order valence-electron chi connectivity index (χ2n) is 8.14. The van der Waals surface area contributed by atoms with Gasteiger partial charge in [-0.25, -0.2) is 9.59 Å². The second-order valence-corrected chi connectivity index (χ2v) is 8.68. The van der Waals surface area contributed by atoms with Gasteiger partial charge in [-0.2, -0.15) is 0 Å². The van der Waals surface area contributed by atoms with Gasteiger partial charge < -0.3 is 24.8 Å². The molecule has 2 saturated carbocycles. The van der Waals surface area contributed by atoms with Crippen LogP contribution in [0.3, 0.4) is 0 Å². The number of rotatable bonds is 4. The van der Waals surface area contributed by atoms with Crippen molar-refractivity contribution in [3.63, 3.8) is 0 Å². The standard InChI is InChI=1S/C19H24Cl2O7/c1-8-4-11(27-17(24)18(3,25)6-20)13-9(2)16(23)28-15(13)14-10(8)5-12(22)19(14,26)7-21/h10-15,22,25-26H,1-2,4-7H2,3H3/t10-,11+,12+,13+,14-,15-,18+,19-/m0/s1. The Kier molecular flexibility index (Phi) is 5.62. The van der Waals surface area contributed by atoms with E-state index in [9.17, 15) is 24.9 Å². The molecule has 28 heavy (non-hydrogen) atoms. The van der Waals surface area contributed by atoms with Crippen molar-refractivity contribution in [3.05, 3.63) is 24.3 Å². The van der Waals surface area contributed by atoms with Gasteiger partial charge in [0.2, 0.25) is 0 Å². The van der Waals surface area contributed by atoms with Gasteiger partial charge in [0.15, 0.2) is 5.60 Å². The third-order valence-electron chi connectivity index (χ3n) is 6.24. The lowest BCUT2D eigenvalue weighted by Gasteiger charge is -2.37. The summed E-state index contributed by atoms with van der Waals surface area (Å²) in [6, 6.07) is 0. The number of alkyl halides is 2. The van der Waals surface area contributed by atoms with Crippen LogP contribution in [-0.4, -0.2) is 68.5 Å². The monoisotopic (exact) mass is 434 g/mol. The van der Waals surface area contributed by atoms with Crippen LogP contribution in [0.25, 0.3) is 0 Å². The zero-order valence-corrected chi connectivity index (χ0v) is 16.9. The fourth-order valence-corrected chi connectivity index (χ4v) is 5.05. The lowest BCUT2D eigenvalue weighted by molar-refractivity contribution is -0.172. The van der Waals surface area contributed by atoms with Crippen molar-refractivity contribution in [1.29, 1.82) is 0 Å². The molecule has 0 radical (unpaired) electrons. The molecule has 9 heteroatoms. The van der Waals surface area contributed by atoms with Crippen molar-refractivity contribution in [3.8, 4) is 0 Å². The van der Waals surface area contributed by atoms with Gasteiger partial charge in [-0.3, -0.25) is 0 Å². The summed E-state index contributed by atoms with van der Waals surface area (Å²) >= 11 is 11.6. The number of carbonyl (C=O) groups is 2. The number of fused-ring (bicyclic) bond motifs is 3. The molecule has 1 saturated heterocycles. The summed E-state index contributed by atoms with van der Waals surface area (Å²) in [6.45, 7) is 9.05. The van der Waals surface area contributed by atoms with Crippen molar-refractivity contribution >= 4 is 35.1 Å². The predicted molar refractivity (Wildman–Crippen MR) is 101 cm³/mol. The van der Waals surface area contributed by atoms with Crippen LogP contribution in [-0.2, 0) is 19.1 Å². The molecule has 0 aromatic carbocycles. The van der Waals surface area contributed by atoms with Crippen LogP contribution < -0.4 is 0 Å². The van der Waals surface area contributed by atoms with Gasteiger partial charge in [0.25, 0.3) is 0 Å². The van der Waals surface area contributed by atoms with E-state index in [4.69, 9.17) is 32.7 Å². The molecule has 156 valence electrons. The largest absolute Gasteiger partial charge is 0.459 e. The van der Waals surface area contributed by atoms with Gasteiger partial charge in [-0.15, -0.1) is 23.2 Å². The quantitative estimate of drug-likeness (QED) is 0.260. The summed E-state index contributed by atoms with van der Waals surface area (Å²) in [7, 11) is 0. The normalized spacial score (nSPS) is 42.3. The number of hydrogen-bond acceptors (Lipinski definition) is 7. The van der Waals surface area contributed by atoms with Crippen LogP contribution in [0.1, 0.15) is 19.8 Å². The predicted octanol–water partition coefficient (Wildman–Crippen LogP) is 0.913. The minimum atomic E-state index is -1.90. The van der Waals surface area contributed by atoms with Crippen molar-refractivity contribution in [2.75, 3.05) is 11.8 Å². The molecule has 1 aliphatic heterocycles. The third-order valence-corrected chi connectivity index (χ3v) is 7.19. The van der Waals surface area contributed by atoms with Gasteiger partial charge >= 0.3 is 11.9 Å². The van der Waals surface area contributed by atoms with Gasteiger partial charge in [-0.05, 0) is 19.3 Å². The smallest absolute Gasteiger partial charge is 0.339 e. The van der Waals surface area contributed by atoms with Crippen molar-refractivity contribution < 1.29 is 34.4 Å². The fourth-order valence-electron chi connectivity index (χ4n) is 4.58. The molecular formula is C19H24Cl2O7. The van der Waals surface area contributed by atoms with E-state index < -0.39 is 53.3 Å². The molecule has 1 heterocycles. The molecule has 8 atom stereocenters. The SMILES string of the molecule is C=C1C(=O)O[C@H]2[C@H]1[C@H](OC(=O)[C@](C)(O)CCl)CC(=C)[C@@H]1C[C@@H](O)[C@@](O)(CCl)[C@H]21. The lowest BCUT2D eigenvalue weighted by atomic mass is 9.76. The maximum Gasteiger partial charge on any atom is 0.339 e. The van der Waals surface area contributed by atoms with Gasteiger partial charge in [-0.1, -0.05) is 18.7 Å². The van der Waals surface area contributed by atoms with Crippen LogP contribution in [0.4, 0.5) is 0 Å². The maximum atomic E-state index is 12.4. The number of aliphatic hydroxyl groups excluding tert-OH is 1. The Morgan fingerprint density at radius 3 is 2.64 bits per heavy atom. The molecule has 7 nitrogen and oxygen atoms in total. The zero-order chi connectivity index (χ0) is 21.0. The summed E-state index contributed by atoms with van der Waals surface area (Å²) in [5.41, 5.74) is -2.87. The minimum Gasteiger partial charge on any atom is -0.459 e. The Labute approximate surface area is 172 Å². The summed E-state index contributed by atoms with van der Waals surface area (Å²) in [5.74, 6) is -4.11. The summed E-state index contributed by atoms with van der Waals surface area (Å²) in [5, 5.41) is 31.6. The van der Waals surface area contributed by atoms with Gasteiger partial charge in [0.1, 0.15) is 17.8 Å². The molecule has 0 amide bonds. The minimum absolute atomic E-state index is 0.0973. The molecule has 0 spiro atoms. The maximum absolute atomic E-state index is 12.4. The van der Waals surface area contributed by atoms with Crippen molar-refractivity contribution in [1.82, 2.24) is 0 Å². The first-order chi connectivity index (χ1) is 13.0. The Morgan fingerprint density at radius 1 is 1.43 bits per heavy atom. The van der Waals surface area contributed by atoms with E-state index >= 15 is 0 Å². The molecule has 0 aromatic rings. The highest BCUT2D eigenvalue weighted by atomic mass is 35.5. The van der Waals surface area contributed by atoms with Crippen LogP contribution >= 0.6 is 23.2 Å². The number of halogens is 2. The summed E-state index contributed by atoms with van der Waals surface area (Å²) in [4.78, 5) is 24.6. The van der Waals surface area contributed by atoms with Gasteiger partial charge in [0.05, 0.1) is 23.8 Å².